The lowest BCUT2D eigenvalue weighted by Gasteiger charge is -2.10. The maximum Gasteiger partial charge on any atom is 0.471 e. The molecule has 0 saturated heterocycles. The summed E-state index contributed by atoms with van der Waals surface area (Å²) < 4.78 is 37.1. The normalized spacial score (nSPS) is 10.9. The Labute approximate surface area is 136 Å². The highest BCUT2D eigenvalue weighted by molar-refractivity contribution is 6.05. The van der Waals surface area contributed by atoms with E-state index in [1.165, 1.54) is 0 Å². The molecule has 1 aromatic rings. The number of anilines is 2. The highest BCUT2D eigenvalue weighted by atomic mass is 19.4. The number of nitrogens with zero attached hydrogens (tertiary/aromatic N) is 4. The van der Waals surface area contributed by atoms with Crippen molar-refractivity contribution in [2.45, 2.75) is 6.18 Å². The van der Waals surface area contributed by atoms with Gasteiger partial charge in [-0.25, -0.2) is 0 Å². The summed E-state index contributed by atoms with van der Waals surface area (Å²) in [7, 11) is 0. The van der Waals surface area contributed by atoms with Gasteiger partial charge in [-0.3, -0.25) is 45.3 Å². The summed E-state index contributed by atoms with van der Waals surface area (Å²) in [6.45, 7) is 0. The minimum absolute atomic E-state index is 0.688. The van der Waals surface area contributed by atoms with Crippen LogP contribution in [0, 0.1) is 40.5 Å². The van der Waals surface area contributed by atoms with Crippen molar-refractivity contribution < 1.29 is 37.7 Å². The molecule has 0 unspecified atom stereocenters. The number of nitro benzene ring substituents is 4. The maximum atomic E-state index is 12.4. The summed E-state index contributed by atoms with van der Waals surface area (Å²) in [4.78, 5) is 48.0. The molecule has 1 rings (SSSR count). The average molecular weight is 384 g/mol. The van der Waals surface area contributed by atoms with Crippen LogP contribution in [0.4, 0.5) is 47.3 Å². The minimum Gasteiger partial charge on any atom is -0.387 e. The topological polar surface area (TPSA) is 228 Å². The van der Waals surface area contributed by atoms with E-state index in [-0.39, 0.29) is 0 Å². The van der Waals surface area contributed by atoms with Crippen molar-refractivity contribution in [3.8, 4) is 0 Å². The van der Waals surface area contributed by atoms with E-state index < -0.39 is 65.9 Å². The van der Waals surface area contributed by atoms with Crippen molar-refractivity contribution in [3.05, 3.63) is 40.5 Å². The van der Waals surface area contributed by atoms with Crippen molar-refractivity contribution in [3.63, 3.8) is 0 Å². The zero-order chi connectivity index (χ0) is 20.6. The monoisotopic (exact) mass is 384 g/mol. The van der Waals surface area contributed by atoms with E-state index in [4.69, 9.17) is 5.73 Å². The third kappa shape index (κ3) is 3.37. The molecule has 1 amide bonds. The van der Waals surface area contributed by atoms with Crippen LogP contribution in [0.5, 0.6) is 0 Å². The van der Waals surface area contributed by atoms with Crippen LogP contribution in [0.1, 0.15) is 0 Å². The Kier molecular flexibility index (Phi) is 4.91. The van der Waals surface area contributed by atoms with Crippen LogP contribution in [0.2, 0.25) is 0 Å². The van der Waals surface area contributed by atoms with Crippen molar-refractivity contribution in [2.24, 2.45) is 0 Å². The Hall–Kier alpha value is -4.12. The molecule has 0 aliphatic carbocycles. The third-order valence-corrected chi connectivity index (χ3v) is 2.66. The first-order valence-electron chi connectivity index (χ1n) is 5.66. The molecule has 1 aromatic carbocycles. The number of rotatable bonds is 5. The number of halogens is 3. The molecule has 3 N–H and O–H groups in total. The van der Waals surface area contributed by atoms with Crippen LogP contribution in [0.25, 0.3) is 0 Å². The van der Waals surface area contributed by atoms with Crippen molar-refractivity contribution in [1.29, 1.82) is 0 Å². The van der Waals surface area contributed by atoms with Crippen LogP contribution < -0.4 is 11.1 Å². The number of carbonyl (C=O) groups is 1. The molecule has 0 radical (unpaired) electrons. The SMILES string of the molecule is Nc1c([N+](=O)[O-])c([N+](=O)[O-])c(NC(=O)C(F)(F)F)c([N+](=O)[O-])c1[N+](=O)[O-]. The number of nitrogens with two attached hydrogens (primary N) is 1. The number of benzene rings is 1. The van der Waals surface area contributed by atoms with Gasteiger partial charge < -0.3 is 11.1 Å². The fourth-order valence-corrected chi connectivity index (χ4v) is 1.74. The summed E-state index contributed by atoms with van der Waals surface area (Å²) >= 11 is 0. The molecule has 0 aliphatic rings. The Morgan fingerprint density at radius 2 is 1.12 bits per heavy atom. The lowest BCUT2D eigenvalue weighted by atomic mass is 10.1. The van der Waals surface area contributed by atoms with Crippen molar-refractivity contribution in [1.82, 2.24) is 0 Å². The van der Waals surface area contributed by atoms with E-state index in [1.54, 1.807) is 0 Å². The van der Waals surface area contributed by atoms with Gasteiger partial charge >= 0.3 is 34.8 Å². The lowest BCUT2D eigenvalue weighted by Crippen LogP contribution is -2.30. The first-order chi connectivity index (χ1) is 11.7. The van der Waals surface area contributed by atoms with Gasteiger partial charge in [0.05, 0.1) is 19.7 Å². The highest BCUT2D eigenvalue weighted by Gasteiger charge is 2.50. The van der Waals surface area contributed by atoms with Crippen molar-refractivity contribution in [2.75, 3.05) is 11.1 Å². The minimum atomic E-state index is -5.73. The Morgan fingerprint density at radius 3 is 1.35 bits per heavy atom. The van der Waals surface area contributed by atoms with Gasteiger partial charge in [0.25, 0.3) is 0 Å². The number of hydrogen-bond acceptors (Lipinski definition) is 10. The van der Waals surface area contributed by atoms with Crippen LogP contribution in [0.15, 0.2) is 0 Å². The van der Waals surface area contributed by atoms with Gasteiger partial charge in [0.1, 0.15) is 0 Å². The van der Waals surface area contributed by atoms with Crippen LogP contribution >= 0.6 is 0 Å². The third-order valence-electron chi connectivity index (χ3n) is 2.66. The number of nitro groups is 4. The molecule has 0 aromatic heterocycles. The molecule has 26 heavy (non-hydrogen) atoms. The van der Waals surface area contributed by atoms with E-state index in [0.717, 1.165) is 0 Å². The fraction of sp³-hybridized carbons (Fsp3) is 0.125. The van der Waals surface area contributed by atoms with Gasteiger partial charge in [-0.2, -0.15) is 13.2 Å². The van der Waals surface area contributed by atoms with Gasteiger partial charge in [0, 0.05) is 0 Å². The molecule has 0 spiro atoms. The Bertz CT molecular complexity index is 813. The summed E-state index contributed by atoms with van der Waals surface area (Å²) in [5.41, 5.74) is -6.48. The predicted octanol–water partition coefficient (Wildman–Crippen LogP) is 1.40. The summed E-state index contributed by atoms with van der Waals surface area (Å²) in [6, 6.07) is 0. The predicted molar refractivity (Wildman–Crippen MR) is 72.2 cm³/mol. The molecule has 0 heterocycles. The largest absolute Gasteiger partial charge is 0.471 e. The van der Waals surface area contributed by atoms with Gasteiger partial charge in [-0.15, -0.1) is 0 Å². The average Bonchev–Trinajstić information content (AvgIpc) is 2.44. The van der Waals surface area contributed by atoms with Crippen LogP contribution in [0.3, 0.4) is 0 Å². The molecule has 0 aliphatic heterocycles. The van der Waals surface area contributed by atoms with E-state index in [0.29, 0.717) is 5.32 Å². The Morgan fingerprint density at radius 1 is 0.808 bits per heavy atom. The number of carbonyl (C=O) groups excluding carboxylic acids is 1. The van der Waals surface area contributed by atoms with E-state index in [1.807, 2.05) is 0 Å². The summed E-state index contributed by atoms with van der Waals surface area (Å²) in [5.74, 6) is -3.00. The molecule has 0 bridgehead atoms. The van der Waals surface area contributed by atoms with E-state index in [9.17, 15) is 58.4 Å². The van der Waals surface area contributed by atoms with Crippen LogP contribution in [-0.2, 0) is 4.79 Å². The highest BCUT2D eigenvalue weighted by Crippen LogP contribution is 2.52. The Balaban J connectivity index is 4.14. The van der Waals surface area contributed by atoms with E-state index in [2.05, 4.69) is 0 Å². The lowest BCUT2D eigenvalue weighted by molar-refractivity contribution is -0.431. The standard InChI is InChI=1S/C8H3F3N6O9/c9-8(10,11)7(18)13-2-5(16(23)24)3(14(19)20)1(12)4(15(21)22)6(2)17(25)26/h12H2,(H,13,18). The van der Waals surface area contributed by atoms with Gasteiger partial charge in [-0.05, 0) is 0 Å². The smallest absolute Gasteiger partial charge is 0.387 e. The summed E-state index contributed by atoms with van der Waals surface area (Å²) in [5, 5.41) is 44.6. The second-order valence-electron chi connectivity index (χ2n) is 4.16. The molecular weight excluding hydrogens is 381 g/mol. The molecule has 18 heteroatoms. The first kappa shape index (κ1) is 19.9. The first-order valence-corrected chi connectivity index (χ1v) is 5.66. The molecule has 0 atom stereocenters. The number of hydrogen-bond donors (Lipinski definition) is 2. The zero-order valence-corrected chi connectivity index (χ0v) is 11.7. The molecule has 140 valence electrons. The molecular formula is C8H3F3N6O9. The van der Waals surface area contributed by atoms with Gasteiger partial charge in [-0.1, -0.05) is 0 Å². The molecule has 15 nitrogen and oxygen atoms in total. The van der Waals surface area contributed by atoms with Crippen molar-refractivity contribution >= 4 is 40.0 Å². The summed E-state index contributed by atoms with van der Waals surface area (Å²) in [6.07, 6.45) is -5.73. The number of amides is 1. The quantitative estimate of drug-likeness (QED) is 0.421. The van der Waals surface area contributed by atoms with Gasteiger partial charge in [0.15, 0.2) is 0 Å². The van der Waals surface area contributed by atoms with E-state index >= 15 is 0 Å². The molecule has 0 fully saturated rings. The number of alkyl halides is 3. The van der Waals surface area contributed by atoms with Gasteiger partial charge in [0.2, 0.25) is 11.4 Å². The zero-order valence-electron chi connectivity index (χ0n) is 11.7. The number of nitrogen functional groups attached to an aromatic ring is 1. The number of nitrogens with one attached hydrogen (secondary N) is 1. The van der Waals surface area contributed by atoms with Crippen LogP contribution in [-0.4, -0.2) is 31.8 Å². The maximum absolute atomic E-state index is 12.4. The fourth-order valence-electron chi connectivity index (χ4n) is 1.74. The second-order valence-corrected chi connectivity index (χ2v) is 4.16. The molecule has 0 saturated carbocycles. The second kappa shape index (κ2) is 6.41.